The molecule has 0 atom stereocenters. The molecule has 0 spiro atoms. The van der Waals surface area contributed by atoms with Crippen LogP contribution < -0.4 is 0 Å². The van der Waals surface area contributed by atoms with E-state index < -0.39 is 0 Å². The van der Waals surface area contributed by atoms with Crippen LogP contribution in [-0.2, 0) is 4.79 Å². The molecule has 2 heterocycles. The summed E-state index contributed by atoms with van der Waals surface area (Å²) < 4.78 is 0. The Hall–Kier alpha value is -2.15. The van der Waals surface area contributed by atoms with E-state index >= 15 is 0 Å². The zero-order chi connectivity index (χ0) is 12.1. The van der Waals surface area contributed by atoms with Gasteiger partial charge in [0.1, 0.15) is 5.69 Å². The van der Waals surface area contributed by atoms with Crippen molar-refractivity contribution in [2.45, 2.75) is 12.8 Å². The maximum absolute atomic E-state index is 11.3. The fourth-order valence-electron chi connectivity index (χ4n) is 1.65. The lowest BCUT2D eigenvalue weighted by atomic mass is 10.3. The van der Waals surface area contributed by atoms with Gasteiger partial charge in [-0.15, -0.1) is 0 Å². The van der Waals surface area contributed by atoms with Gasteiger partial charge in [0, 0.05) is 24.7 Å². The standard InChI is InChI=1S/C13H12N2O2/c16-10-11-5-6-12(14-9-11)3-1-7-15-8-2-4-13(15)17/h5-6,9-10H,2,4,7-8H2. The van der Waals surface area contributed by atoms with Crippen LogP contribution in [0.2, 0.25) is 0 Å². The molecule has 2 rings (SSSR count). The van der Waals surface area contributed by atoms with E-state index in [0.717, 1.165) is 19.3 Å². The Morgan fingerprint density at radius 3 is 2.94 bits per heavy atom. The van der Waals surface area contributed by atoms with E-state index in [2.05, 4.69) is 16.8 Å². The largest absolute Gasteiger partial charge is 0.332 e. The molecule has 1 aromatic heterocycles. The van der Waals surface area contributed by atoms with Crippen LogP contribution in [-0.4, -0.2) is 35.2 Å². The van der Waals surface area contributed by atoms with Crippen molar-refractivity contribution in [2.24, 2.45) is 0 Å². The molecular weight excluding hydrogens is 216 g/mol. The molecule has 1 aromatic rings. The van der Waals surface area contributed by atoms with Crippen molar-refractivity contribution in [3.05, 3.63) is 29.6 Å². The lowest BCUT2D eigenvalue weighted by Crippen LogP contribution is -2.24. The lowest BCUT2D eigenvalue weighted by Gasteiger charge is -2.09. The highest BCUT2D eigenvalue weighted by Gasteiger charge is 2.18. The van der Waals surface area contributed by atoms with Gasteiger partial charge in [0.25, 0.3) is 0 Å². The molecule has 0 aliphatic carbocycles. The molecule has 0 N–H and O–H groups in total. The maximum atomic E-state index is 11.3. The molecule has 4 nitrogen and oxygen atoms in total. The first-order chi connectivity index (χ1) is 8.29. The van der Waals surface area contributed by atoms with E-state index in [1.807, 2.05) is 0 Å². The van der Waals surface area contributed by atoms with Gasteiger partial charge in [0.15, 0.2) is 6.29 Å². The van der Waals surface area contributed by atoms with E-state index in [9.17, 15) is 9.59 Å². The van der Waals surface area contributed by atoms with Crippen molar-refractivity contribution in [1.82, 2.24) is 9.88 Å². The first kappa shape index (κ1) is 11.3. The average molecular weight is 228 g/mol. The summed E-state index contributed by atoms with van der Waals surface area (Å²) in [5.41, 5.74) is 1.15. The third-order valence-corrected chi connectivity index (χ3v) is 2.58. The molecular formula is C13H12N2O2. The predicted octanol–water partition coefficient (Wildman–Crippen LogP) is 0.868. The van der Waals surface area contributed by atoms with E-state index in [1.54, 1.807) is 17.0 Å². The summed E-state index contributed by atoms with van der Waals surface area (Å²) in [5, 5.41) is 0. The number of carbonyl (C=O) groups is 2. The van der Waals surface area contributed by atoms with Gasteiger partial charge in [-0.05, 0) is 24.5 Å². The van der Waals surface area contributed by atoms with E-state index in [4.69, 9.17) is 0 Å². The van der Waals surface area contributed by atoms with Gasteiger partial charge in [-0.3, -0.25) is 9.59 Å². The van der Waals surface area contributed by atoms with Crippen LogP contribution in [0.4, 0.5) is 0 Å². The molecule has 1 saturated heterocycles. The molecule has 0 unspecified atom stereocenters. The van der Waals surface area contributed by atoms with Crippen molar-refractivity contribution in [1.29, 1.82) is 0 Å². The van der Waals surface area contributed by atoms with Crippen LogP contribution in [0.5, 0.6) is 0 Å². The number of hydrogen-bond acceptors (Lipinski definition) is 3. The maximum Gasteiger partial charge on any atom is 0.223 e. The minimum absolute atomic E-state index is 0.170. The smallest absolute Gasteiger partial charge is 0.223 e. The summed E-state index contributed by atoms with van der Waals surface area (Å²) >= 11 is 0. The fraction of sp³-hybridized carbons (Fsp3) is 0.308. The Balaban J connectivity index is 1.96. The number of hydrogen-bond donors (Lipinski definition) is 0. The number of carbonyl (C=O) groups excluding carboxylic acids is 2. The molecule has 1 amide bonds. The lowest BCUT2D eigenvalue weighted by molar-refractivity contribution is -0.127. The van der Waals surface area contributed by atoms with E-state index in [1.165, 1.54) is 6.20 Å². The van der Waals surface area contributed by atoms with Gasteiger partial charge in [-0.1, -0.05) is 5.92 Å². The number of nitrogens with zero attached hydrogens (tertiary/aromatic N) is 2. The monoisotopic (exact) mass is 228 g/mol. The molecule has 4 heteroatoms. The SMILES string of the molecule is O=Cc1ccc(C#CCN2CCCC2=O)nc1. The van der Waals surface area contributed by atoms with Gasteiger partial charge in [0.05, 0.1) is 6.54 Å². The summed E-state index contributed by atoms with van der Waals surface area (Å²) in [5.74, 6) is 5.96. The topological polar surface area (TPSA) is 50.3 Å². The highest BCUT2D eigenvalue weighted by atomic mass is 16.2. The second-order valence-corrected chi connectivity index (χ2v) is 3.82. The third-order valence-electron chi connectivity index (χ3n) is 2.58. The molecule has 1 aliphatic heterocycles. The van der Waals surface area contributed by atoms with Gasteiger partial charge < -0.3 is 4.90 Å². The number of likely N-dealkylation sites (tertiary alicyclic amines) is 1. The summed E-state index contributed by atoms with van der Waals surface area (Å²) in [6, 6.07) is 3.37. The molecule has 86 valence electrons. The molecule has 17 heavy (non-hydrogen) atoms. The molecule has 0 saturated carbocycles. The summed E-state index contributed by atoms with van der Waals surface area (Å²) in [4.78, 5) is 27.5. The number of amides is 1. The summed E-state index contributed by atoms with van der Waals surface area (Å²) in [7, 11) is 0. The normalized spacial score (nSPS) is 14.4. The first-order valence-electron chi connectivity index (χ1n) is 5.47. The van der Waals surface area contributed by atoms with E-state index in [0.29, 0.717) is 24.2 Å². The molecule has 0 radical (unpaired) electrons. The highest BCUT2D eigenvalue weighted by molar-refractivity contribution is 5.78. The quantitative estimate of drug-likeness (QED) is 0.557. The van der Waals surface area contributed by atoms with Gasteiger partial charge in [0.2, 0.25) is 5.91 Å². The van der Waals surface area contributed by atoms with E-state index in [-0.39, 0.29) is 5.91 Å². The van der Waals surface area contributed by atoms with Crippen LogP contribution in [0.15, 0.2) is 18.3 Å². The Bertz CT molecular complexity index is 482. The van der Waals surface area contributed by atoms with Crippen molar-refractivity contribution < 1.29 is 9.59 Å². The second-order valence-electron chi connectivity index (χ2n) is 3.82. The highest BCUT2D eigenvalue weighted by Crippen LogP contribution is 2.07. The minimum Gasteiger partial charge on any atom is -0.332 e. The molecule has 0 bridgehead atoms. The Labute approximate surface area is 99.6 Å². The number of aldehydes is 1. The number of rotatable bonds is 2. The number of aromatic nitrogens is 1. The van der Waals surface area contributed by atoms with Gasteiger partial charge >= 0.3 is 0 Å². The summed E-state index contributed by atoms with van der Waals surface area (Å²) in [6.07, 6.45) is 3.78. The van der Waals surface area contributed by atoms with Crippen molar-refractivity contribution in [3.63, 3.8) is 0 Å². The van der Waals surface area contributed by atoms with Gasteiger partial charge in [-0.2, -0.15) is 0 Å². The van der Waals surface area contributed by atoms with Gasteiger partial charge in [-0.25, -0.2) is 4.98 Å². The van der Waals surface area contributed by atoms with Crippen molar-refractivity contribution >= 4 is 12.2 Å². The Morgan fingerprint density at radius 1 is 1.47 bits per heavy atom. The summed E-state index contributed by atoms with van der Waals surface area (Å²) in [6.45, 7) is 1.25. The van der Waals surface area contributed by atoms with Crippen LogP contribution in [0.1, 0.15) is 28.9 Å². The minimum atomic E-state index is 0.170. The van der Waals surface area contributed by atoms with Crippen molar-refractivity contribution in [3.8, 4) is 11.8 Å². The first-order valence-corrected chi connectivity index (χ1v) is 5.47. The van der Waals surface area contributed by atoms with Crippen LogP contribution in [0, 0.1) is 11.8 Å². The third kappa shape index (κ3) is 2.91. The molecule has 0 aromatic carbocycles. The Kier molecular flexibility index (Phi) is 3.51. The Morgan fingerprint density at radius 2 is 2.35 bits per heavy atom. The van der Waals surface area contributed by atoms with Crippen molar-refractivity contribution in [2.75, 3.05) is 13.1 Å². The second kappa shape index (κ2) is 5.26. The molecule has 1 fully saturated rings. The zero-order valence-electron chi connectivity index (χ0n) is 9.35. The number of pyridine rings is 1. The van der Waals surface area contributed by atoms with Crippen LogP contribution >= 0.6 is 0 Å². The molecule has 1 aliphatic rings. The van der Waals surface area contributed by atoms with Crippen LogP contribution in [0.3, 0.4) is 0 Å². The van der Waals surface area contributed by atoms with Crippen LogP contribution in [0.25, 0.3) is 0 Å². The predicted molar refractivity (Wildman–Crippen MR) is 62.3 cm³/mol. The zero-order valence-corrected chi connectivity index (χ0v) is 9.35. The fourth-order valence-corrected chi connectivity index (χ4v) is 1.65. The average Bonchev–Trinajstić information content (AvgIpc) is 2.76.